The Morgan fingerprint density at radius 3 is 2.29 bits per heavy atom. The molecular formula is C20H15NO7. The molecule has 0 aliphatic carbocycles. The third kappa shape index (κ3) is 3.48. The number of esters is 2. The molecule has 0 saturated heterocycles. The van der Waals surface area contributed by atoms with Crippen molar-refractivity contribution < 1.29 is 33.4 Å². The van der Waals surface area contributed by atoms with Crippen LogP contribution in [0.5, 0.6) is 5.75 Å². The fourth-order valence-electron chi connectivity index (χ4n) is 2.58. The van der Waals surface area contributed by atoms with E-state index in [4.69, 9.17) is 9.47 Å². The molecule has 0 atom stereocenters. The number of hydrogen-bond acceptors (Lipinski definition) is 7. The summed E-state index contributed by atoms with van der Waals surface area (Å²) in [4.78, 5) is 49.7. The highest BCUT2D eigenvalue weighted by molar-refractivity contribution is 6.28. The Morgan fingerprint density at radius 2 is 1.64 bits per heavy atom. The normalized spacial score (nSPS) is 14.1. The maximum Gasteiger partial charge on any atom is 0.418 e. The molecule has 0 spiro atoms. The second-order valence-corrected chi connectivity index (χ2v) is 5.64. The summed E-state index contributed by atoms with van der Waals surface area (Å²) in [6.07, 6.45) is 0.220. The lowest BCUT2D eigenvalue weighted by Crippen LogP contribution is -2.31. The summed E-state index contributed by atoms with van der Waals surface area (Å²) >= 11 is 0. The van der Waals surface area contributed by atoms with Gasteiger partial charge >= 0.3 is 18.0 Å². The van der Waals surface area contributed by atoms with E-state index in [9.17, 15) is 19.2 Å². The second-order valence-electron chi connectivity index (χ2n) is 5.64. The van der Waals surface area contributed by atoms with Gasteiger partial charge in [-0.25, -0.2) is 14.4 Å². The Labute approximate surface area is 159 Å². The van der Waals surface area contributed by atoms with Crippen LogP contribution < -0.4 is 9.64 Å². The van der Waals surface area contributed by atoms with Crippen molar-refractivity contribution in [1.29, 1.82) is 0 Å². The van der Waals surface area contributed by atoms with Crippen LogP contribution in [0.25, 0.3) is 0 Å². The minimum atomic E-state index is -0.885. The first kappa shape index (κ1) is 18.8. The molecular weight excluding hydrogens is 366 g/mol. The molecule has 0 fully saturated rings. The third-order valence-corrected chi connectivity index (χ3v) is 3.99. The molecule has 1 aliphatic rings. The van der Waals surface area contributed by atoms with Gasteiger partial charge < -0.3 is 14.2 Å². The SMILES string of the molecule is COC(=O)c1ccc(N(C=C2C(=O)Oc3ccccc3C2=O)C(=O)OC)cc1. The number of benzene rings is 2. The van der Waals surface area contributed by atoms with Crippen LogP contribution in [0.4, 0.5) is 10.5 Å². The number of carbonyl (C=O) groups excluding carboxylic acids is 4. The van der Waals surface area contributed by atoms with E-state index in [1.54, 1.807) is 12.1 Å². The molecule has 8 nitrogen and oxygen atoms in total. The zero-order valence-electron chi connectivity index (χ0n) is 15.0. The van der Waals surface area contributed by atoms with Gasteiger partial charge in [-0.05, 0) is 36.4 Å². The van der Waals surface area contributed by atoms with Crippen molar-refractivity contribution in [2.75, 3.05) is 19.1 Å². The molecule has 0 N–H and O–H groups in total. The molecule has 0 unspecified atom stereocenters. The Hall–Kier alpha value is -3.94. The van der Waals surface area contributed by atoms with Crippen LogP contribution in [0.15, 0.2) is 60.3 Å². The first-order chi connectivity index (χ1) is 13.5. The van der Waals surface area contributed by atoms with Gasteiger partial charge in [0.05, 0.1) is 31.0 Å². The van der Waals surface area contributed by atoms with Gasteiger partial charge in [-0.3, -0.25) is 9.69 Å². The van der Waals surface area contributed by atoms with Crippen LogP contribution in [0.1, 0.15) is 20.7 Å². The number of para-hydroxylation sites is 1. The average Bonchev–Trinajstić information content (AvgIpc) is 2.73. The monoisotopic (exact) mass is 381 g/mol. The number of fused-ring (bicyclic) bond motifs is 1. The molecule has 1 amide bonds. The highest BCUT2D eigenvalue weighted by Crippen LogP contribution is 2.28. The standard InChI is InChI=1S/C20H15NO7/c1-26-18(23)12-7-9-13(10-8-12)21(20(25)27-2)11-15-17(22)14-5-3-4-6-16(14)28-19(15)24/h3-11H,1-2H3. The van der Waals surface area contributed by atoms with Crippen LogP contribution in [0, 0.1) is 0 Å². The Balaban J connectivity index is 2.01. The predicted octanol–water partition coefficient (Wildman–Crippen LogP) is 2.73. The highest BCUT2D eigenvalue weighted by atomic mass is 16.5. The number of anilines is 1. The van der Waals surface area contributed by atoms with Crippen molar-refractivity contribution in [3.8, 4) is 5.75 Å². The molecule has 0 radical (unpaired) electrons. The number of rotatable bonds is 3. The van der Waals surface area contributed by atoms with Gasteiger partial charge in [0.1, 0.15) is 11.3 Å². The summed E-state index contributed by atoms with van der Waals surface area (Å²) < 4.78 is 14.5. The molecule has 2 aromatic rings. The number of carbonyl (C=O) groups is 4. The topological polar surface area (TPSA) is 99.2 Å². The van der Waals surface area contributed by atoms with Crippen molar-refractivity contribution >= 4 is 29.5 Å². The number of ketones is 1. The summed E-state index contributed by atoms with van der Waals surface area (Å²) in [7, 11) is 2.41. The number of amides is 1. The Kier molecular flexibility index (Phi) is 5.21. The van der Waals surface area contributed by atoms with Crippen LogP contribution in [-0.4, -0.2) is 38.0 Å². The van der Waals surface area contributed by atoms with Crippen molar-refractivity contribution in [1.82, 2.24) is 0 Å². The zero-order chi connectivity index (χ0) is 20.3. The van der Waals surface area contributed by atoms with Crippen molar-refractivity contribution in [3.05, 3.63) is 71.4 Å². The first-order valence-corrected chi connectivity index (χ1v) is 8.09. The quantitative estimate of drug-likeness (QED) is 0.349. The maximum absolute atomic E-state index is 12.7. The van der Waals surface area contributed by atoms with Gasteiger partial charge in [0.2, 0.25) is 5.78 Å². The molecule has 1 aliphatic heterocycles. The van der Waals surface area contributed by atoms with Gasteiger partial charge in [-0.1, -0.05) is 12.1 Å². The molecule has 2 aromatic carbocycles. The van der Waals surface area contributed by atoms with Crippen LogP contribution in [-0.2, 0) is 14.3 Å². The first-order valence-electron chi connectivity index (χ1n) is 8.09. The fourth-order valence-corrected chi connectivity index (χ4v) is 2.58. The van der Waals surface area contributed by atoms with Crippen LogP contribution in [0.3, 0.4) is 0 Å². The number of nitrogens with zero attached hydrogens (tertiary/aromatic N) is 1. The highest BCUT2D eigenvalue weighted by Gasteiger charge is 2.32. The van der Waals surface area contributed by atoms with E-state index >= 15 is 0 Å². The molecule has 8 heteroatoms. The molecule has 142 valence electrons. The Morgan fingerprint density at radius 1 is 0.964 bits per heavy atom. The number of methoxy groups -OCH3 is 2. The van der Waals surface area contributed by atoms with Gasteiger partial charge in [-0.2, -0.15) is 0 Å². The summed E-state index contributed by atoms with van der Waals surface area (Å²) in [5, 5.41) is 0. The van der Waals surface area contributed by atoms with Crippen LogP contribution in [0.2, 0.25) is 0 Å². The second kappa shape index (κ2) is 7.75. The molecule has 0 aromatic heterocycles. The maximum atomic E-state index is 12.7. The number of hydrogen-bond donors (Lipinski definition) is 0. The third-order valence-electron chi connectivity index (χ3n) is 3.99. The van der Waals surface area contributed by atoms with Gasteiger partial charge in [0, 0.05) is 6.20 Å². The Bertz CT molecular complexity index is 992. The van der Waals surface area contributed by atoms with E-state index in [-0.39, 0.29) is 28.1 Å². The summed E-state index contributed by atoms with van der Waals surface area (Å²) in [5.41, 5.74) is 0.414. The van der Waals surface area contributed by atoms with Crippen LogP contribution >= 0.6 is 0 Å². The van der Waals surface area contributed by atoms with Crippen molar-refractivity contribution in [3.63, 3.8) is 0 Å². The minimum absolute atomic E-state index is 0.154. The van der Waals surface area contributed by atoms with Crippen molar-refractivity contribution in [2.45, 2.75) is 0 Å². The largest absolute Gasteiger partial charge is 0.465 e. The molecule has 3 rings (SSSR count). The lowest BCUT2D eigenvalue weighted by Gasteiger charge is -2.21. The van der Waals surface area contributed by atoms with E-state index in [1.165, 1.54) is 43.5 Å². The van der Waals surface area contributed by atoms with E-state index in [0.717, 1.165) is 18.2 Å². The molecule has 1 heterocycles. The molecule has 0 saturated carbocycles. The average molecular weight is 381 g/mol. The predicted molar refractivity (Wildman–Crippen MR) is 97.2 cm³/mol. The number of ether oxygens (including phenoxy) is 3. The van der Waals surface area contributed by atoms with E-state index in [2.05, 4.69) is 4.74 Å². The fraction of sp³-hybridized carbons (Fsp3) is 0.100. The van der Waals surface area contributed by atoms with E-state index in [1.807, 2.05) is 0 Å². The van der Waals surface area contributed by atoms with Gasteiger partial charge in [0.25, 0.3) is 0 Å². The lowest BCUT2D eigenvalue weighted by molar-refractivity contribution is -0.130. The van der Waals surface area contributed by atoms with Crippen molar-refractivity contribution in [2.24, 2.45) is 0 Å². The summed E-state index contributed by atoms with van der Waals surface area (Å²) in [5.74, 6) is -1.85. The van der Waals surface area contributed by atoms with Gasteiger partial charge in [-0.15, -0.1) is 0 Å². The van der Waals surface area contributed by atoms with E-state index < -0.39 is 23.8 Å². The number of Topliss-reactive ketones (excluding diaryl/α,β-unsaturated/α-hetero) is 1. The zero-order valence-corrected chi connectivity index (χ0v) is 15.0. The summed E-state index contributed by atoms with van der Waals surface area (Å²) in [6.45, 7) is 0. The molecule has 0 bridgehead atoms. The molecule has 28 heavy (non-hydrogen) atoms. The smallest absolute Gasteiger partial charge is 0.418 e. The van der Waals surface area contributed by atoms with E-state index in [0.29, 0.717) is 0 Å². The minimum Gasteiger partial charge on any atom is -0.465 e. The lowest BCUT2D eigenvalue weighted by atomic mass is 10.0. The van der Waals surface area contributed by atoms with Gasteiger partial charge in [0.15, 0.2) is 0 Å². The summed E-state index contributed by atoms with van der Waals surface area (Å²) in [6, 6.07) is 12.1.